The normalized spacial score (nSPS) is 13.8. The van der Waals surface area contributed by atoms with Crippen LogP contribution in [-0.2, 0) is 0 Å². The topological polar surface area (TPSA) is 30.7 Å². The van der Waals surface area contributed by atoms with Crippen LogP contribution in [0.1, 0.15) is 0 Å². The minimum absolute atomic E-state index is 0.801. The summed E-state index contributed by atoms with van der Waals surface area (Å²) in [5.41, 5.74) is 7.09. The Labute approximate surface area is 199 Å². The van der Waals surface area contributed by atoms with E-state index in [9.17, 15) is 0 Å². The minimum Gasteiger partial charge on any atom is -0.309 e. The second-order valence-corrected chi connectivity index (χ2v) is 13.8. The van der Waals surface area contributed by atoms with E-state index in [4.69, 9.17) is 9.97 Å². The first kappa shape index (κ1) is 19.4. The molecule has 0 saturated carbocycles. The number of benzene rings is 4. The SMILES string of the molecule is C[Si]1(C)c2ccccc2-c2cnc(-c3cccc(-n4c5ccccc5c5ccccc54)c3)nc21. The third-order valence-electron chi connectivity index (χ3n) is 7.21. The number of nitrogens with zero attached hydrogens (tertiary/aromatic N) is 3. The van der Waals surface area contributed by atoms with Crippen molar-refractivity contribution in [1.29, 1.82) is 0 Å². The van der Waals surface area contributed by atoms with Gasteiger partial charge in [0.2, 0.25) is 0 Å². The monoisotopic (exact) mass is 453 g/mol. The first-order chi connectivity index (χ1) is 16.6. The van der Waals surface area contributed by atoms with Crippen molar-refractivity contribution < 1.29 is 0 Å². The van der Waals surface area contributed by atoms with Gasteiger partial charge in [-0.3, -0.25) is 0 Å². The fraction of sp³-hybridized carbons (Fsp3) is 0.0667. The smallest absolute Gasteiger partial charge is 0.159 e. The Morgan fingerprint density at radius 1 is 0.676 bits per heavy atom. The highest BCUT2D eigenvalue weighted by Gasteiger charge is 2.39. The minimum atomic E-state index is -1.84. The van der Waals surface area contributed by atoms with Gasteiger partial charge >= 0.3 is 0 Å². The second-order valence-electron chi connectivity index (χ2n) is 9.55. The highest BCUT2D eigenvalue weighted by Crippen LogP contribution is 2.33. The van der Waals surface area contributed by atoms with Gasteiger partial charge in [0.1, 0.15) is 8.07 Å². The highest BCUT2D eigenvalue weighted by atomic mass is 28.3. The summed E-state index contributed by atoms with van der Waals surface area (Å²) in [6.07, 6.45) is 2.03. The molecule has 162 valence electrons. The summed E-state index contributed by atoms with van der Waals surface area (Å²) in [7, 11) is -1.84. The standard InChI is InChI=1S/C30H23N3Si/c1-34(2)28-17-8-5-14-24(28)25-19-31-29(32-30(25)34)20-10-9-11-21(18-20)33-26-15-6-3-12-22(26)23-13-4-7-16-27(23)33/h3-19H,1-2H3. The van der Waals surface area contributed by atoms with Crippen molar-refractivity contribution in [2.75, 3.05) is 0 Å². The summed E-state index contributed by atoms with van der Waals surface area (Å²) in [5.74, 6) is 0.801. The van der Waals surface area contributed by atoms with E-state index >= 15 is 0 Å². The van der Waals surface area contributed by atoms with Crippen LogP contribution < -0.4 is 10.5 Å². The van der Waals surface area contributed by atoms with Gasteiger partial charge in [-0.1, -0.05) is 85.9 Å². The molecule has 34 heavy (non-hydrogen) atoms. The van der Waals surface area contributed by atoms with E-state index in [1.807, 2.05) is 6.20 Å². The molecular formula is C30H23N3Si. The Morgan fingerprint density at radius 3 is 2.12 bits per heavy atom. The van der Waals surface area contributed by atoms with Crippen molar-refractivity contribution in [3.63, 3.8) is 0 Å². The van der Waals surface area contributed by atoms with Crippen LogP contribution in [0.3, 0.4) is 0 Å². The number of fused-ring (bicyclic) bond motifs is 6. The molecular weight excluding hydrogens is 430 g/mol. The molecule has 1 aliphatic rings. The van der Waals surface area contributed by atoms with E-state index in [1.54, 1.807) is 0 Å². The Kier molecular flexibility index (Phi) is 4.00. The van der Waals surface area contributed by atoms with Crippen LogP contribution in [-0.4, -0.2) is 22.6 Å². The molecule has 0 radical (unpaired) electrons. The van der Waals surface area contributed by atoms with E-state index < -0.39 is 8.07 Å². The maximum atomic E-state index is 5.18. The van der Waals surface area contributed by atoms with Gasteiger partial charge in [-0.15, -0.1) is 0 Å². The van der Waals surface area contributed by atoms with E-state index in [0.717, 1.165) is 17.1 Å². The van der Waals surface area contributed by atoms with Crippen LogP contribution in [0.5, 0.6) is 0 Å². The third kappa shape index (κ3) is 2.63. The average Bonchev–Trinajstić information content (AvgIpc) is 3.34. The van der Waals surface area contributed by atoms with Gasteiger partial charge in [-0.05, 0) is 35.0 Å². The molecule has 0 bridgehead atoms. The predicted octanol–water partition coefficient (Wildman–Crippen LogP) is 6.04. The molecule has 0 saturated heterocycles. The van der Waals surface area contributed by atoms with Gasteiger partial charge < -0.3 is 4.57 Å². The molecule has 4 aromatic carbocycles. The molecule has 0 aliphatic carbocycles. The zero-order valence-corrected chi connectivity index (χ0v) is 20.2. The lowest BCUT2D eigenvalue weighted by molar-refractivity contribution is 1.16. The van der Waals surface area contributed by atoms with E-state index in [0.29, 0.717) is 0 Å². The van der Waals surface area contributed by atoms with Gasteiger partial charge in [-0.2, -0.15) is 0 Å². The maximum absolute atomic E-state index is 5.18. The van der Waals surface area contributed by atoms with Crippen LogP contribution in [0.2, 0.25) is 13.1 Å². The lowest BCUT2D eigenvalue weighted by Crippen LogP contribution is -2.50. The predicted molar refractivity (Wildman–Crippen MR) is 144 cm³/mol. The molecule has 0 unspecified atom stereocenters. The van der Waals surface area contributed by atoms with Crippen LogP contribution in [0, 0.1) is 0 Å². The van der Waals surface area contributed by atoms with Crippen LogP contribution in [0.25, 0.3) is 50.0 Å². The largest absolute Gasteiger partial charge is 0.309 e. The van der Waals surface area contributed by atoms with Crippen molar-refractivity contribution in [2.24, 2.45) is 0 Å². The molecule has 0 N–H and O–H groups in total. The van der Waals surface area contributed by atoms with Gasteiger partial charge in [0, 0.05) is 39.1 Å². The first-order valence-electron chi connectivity index (χ1n) is 11.7. The zero-order chi connectivity index (χ0) is 22.9. The quantitative estimate of drug-likeness (QED) is 0.299. The van der Waals surface area contributed by atoms with Crippen molar-refractivity contribution in [3.8, 4) is 28.2 Å². The first-order valence-corrected chi connectivity index (χ1v) is 14.7. The molecule has 6 aromatic rings. The maximum Gasteiger partial charge on any atom is 0.159 e. The summed E-state index contributed by atoms with van der Waals surface area (Å²) in [4.78, 5) is 10.0. The molecule has 0 fully saturated rings. The number of hydrogen-bond acceptors (Lipinski definition) is 2. The Balaban J connectivity index is 1.41. The van der Waals surface area contributed by atoms with E-state index in [1.165, 1.54) is 43.4 Å². The fourth-order valence-corrected chi connectivity index (χ4v) is 8.49. The molecule has 4 heteroatoms. The van der Waals surface area contributed by atoms with Crippen molar-refractivity contribution in [3.05, 3.63) is 103 Å². The van der Waals surface area contributed by atoms with Gasteiger partial charge in [0.25, 0.3) is 0 Å². The van der Waals surface area contributed by atoms with Gasteiger partial charge in [0.05, 0.1) is 11.0 Å². The summed E-state index contributed by atoms with van der Waals surface area (Å²) in [6.45, 7) is 4.78. The van der Waals surface area contributed by atoms with E-state index in [-0.39, 0.29) is 0 Å². The van der Waals surface area contributed by atoms with Gasteiger partial charge in [0.15, 0.2) is 5.82 Å². The summed E-state index contributed by atoms with van der Waals surface area (Å²) >= 11 is 0. The zero-order valence-electron chi connectivity index (χ0n) is 19.2. The molecule has 0 amide bonds. The molecule has 3 nitrogen and oxygen atoms in total. The number of hydrogen-bond donors (Lipinski definition) is 0. The summed E-state index contributed by atoms with van der Waals surface area (Å²) < 4.78 is 2.34. The fourth-order valence-electron chi connectivity index (χ4n) is 5.57. The summed E-state index contributed by atoms with van der Waals surface area (Å²) in [5, 5.41) is 5.22. The number of rotatable bonds is 2. The van der Waals surface area contributed by atoms with Crippen LogP contribution >= 0.6 is 0 Å². The Bertz CT molecular complexity index is 1690. The number of para-hydroxylation sites is 2. The van der Waals surface area contributed by atoms with Crippen molar-refractivity contribution in [2.45, 2.75) is 13.1 Å². The number of aromatic nitrogens is 3. The molecule has 2 aromatic heterocycles. The second kappa shape index (κ2) is 6.99. The van der Waals surface area contributed by atoms with E-state index in [2.05, 4.69) is 115 Å². The Hall–Kier alpha value is -4.02. The lowest BCUT2D eigenvalue weighted by atomic mass is 10.1. The van der Waals surface area contributed by atoms with Crippen LogP contribution in [0.15, 0.2) is 103 Å². The van der Waals surface area contributed by atoms with Crippen LogP contribution in [0.4, 0.5) is 0 Å². The van der Waals surface area contributed by atoms with Crippen molar-refractivity contribution in [1.82, 2.24) is 14.5 Å². The van der Waals surface area contributed by atoms with Crippen molar-refractivity contribution >= 4 is 40.4 Å². The molecule has 7 rings (SSSR count). The molecule has 1 aliphatic heterocycles. The highest BCUT2D eigenvalue weighted by molar-refractivity contribution is 7.03. The third-order valence-corrected chi connectivity index (χ3v) is 10.6. The molecule has 0 atom stereocenters. The molecule has 0 spiro atoms. The van der Waals surface area contributed by atoms with Gasteiger partial charge in [-0.25, -0.2) is 9.97 Å². The Morgan fingerprint density at radius 2 is 1.35 bits per heavy atom. The lowest BCUT2D eigenvalue weighted by Gasteiger charge is -2.17. The average molecular weight is 454 g/mol. The summed E-state index contributed by atoms with van der Waals surface area (Å²) in [6, 6.07) is 34.6. The molecule has 3 heterocycles.